The normalized spacial score (nSPS) is 29.0. The number of hydrogen-bond acceptors (Lipinski definition) is 4. The molecule has 5 atom stereocenters. The van der Waals surface area contributed by atoms with Crippen molar-refractivity contribution < 1.29 is 14.3 Å². The Morgan fingerprint density at radius 3 is 2.64 bits per heavy atom. The van der Waals surface area contributed by atoms with Gasteiger partial charge >= 0.3 is 0 Å². The van der Waals surface area contributed by atoms with Gasteiger partial charge in [-0.2, -0.15) is 0 Å². The maximum Gasteiger partial charge on any atom is 0.226 e. The quantitative estimate of drug-likeness (QED) is 0.478. The summed E-state index contributed by atoms with van der Waals surface area (Å²) in [7, 11) is 0. The lowest BCUT2D eigenvalue weighted by Gasteiger charge is -2.47. The number of rotatable bonds is 5. The number of nitrogens with one attached hydrogen (secondary N) is 1. The van der Waals surface area contributed by atoms with Crippen LogP contribution in [-0.2, 0) is 4.79 Å². The monoisotopic (exact) mass is 484 g/mol. The Morgan fingerprint density at radius 1 is 1.21 bits per heavy atom. The van der Waals surface area contributed by atoms with Crippen LogP contribution in [0.2, 0.25) is 10.0 Å². The molecule has 7 heteroatoms. The topological polar surface area (TPSA) is 75.4 Å². The van der Waals surface area contributed by atoms with Crippen LogP contribution < -0.4 is 5.32 Å². The molecule has 1 unspecified atom stereocenters. The summed E-state index contributed by atoms with van der Waals surface area (Å²) >= 11 is 13.0. The van der Waals surface area contributed by atoms with E-state index in [1.54, 1.807) is 6.20 Å². The van der Waals surface area contributed by atoms with Crippen molar-refractivity contribution in [2.24, 2.45) is 11.3 Å². The number of carbonyl (C=O) groups excluding carboxylic acids is 1. The van der Waals surface area contributed by atoms with Gasteiger partial charge in [-0.15, -0.1) is 0 Å². The fraction of sp³-hybridized carbons (Fsp3) is 0.385. The third kappa shape index (κ3) is 3.67. The lowest BCUT2D eigenvalue weighted by atomic mass is 9.54. The van der Waals surface area contributed by atoms with Crippen LogP contribution in [0.15, 0.2) is 59.3 Å². The summed E-state index contributed by atoms with van der Waals surface area (Å²) in [6, 6.07) is 13.5. The minimum Gasteiger partial charge on any atom is -0.445 e. The van der Waals surface area contributed by atoms with Gasteiger partial charge in [0, 0.05) is 21.5 Å². The van der Waals surface area contributed by atoms with Gasteiger partial charge in [-0.1, -0.05) is 48.3 Å². The zero-order valence-electron chi connectivity index (χ0n) is 18.3. The van der Waals surface area contributed by atoms with Crippen LogP contribution >= 0.6 is 23.2 Å². The number of fused-ring (bicyclic) bond motifs is 1. The van der Waals surface area contributed by atoms with E-state index in [2.05, 4.69) is 17.2 Å². The first kappa shape index (κ1) is 22.5. The molecule has 0 spiro atoms. The number of benzene rings is 2. The molecular formula is C26H26Cl2N2O3. The summed E-state index contributed by atoms with van der Waals surface area (Å²) < 4.78 is 5.43. The predicted molar refractivity (Wildman–Crippen MR) is 128 cm³/mol. The molecule has 2 N–H and O–H groups in total. The molecule has 1 amide bonds. The minimum atomic E-state index is -0.501. The fourth-order valence-corrected chi connectivity index (χ4v) is 6.63. The van der Waals surface area contributed by atoms with Crippen molar-refractivity contribution in [3.8, 4) is 11.5 Å². The number of aromatic nitrogens is 1. The molecule has 2 heterocycles. The van der Waals surface area contributed by atoms with E-state index in [4.69, 9.17) is 27.6 Å². The number of aliphatic hydroxyl groups is 1. The second-order valence-corrected chi connectivity index (χ2v) is 9.94. The molecule has 1 saturated carbocycles. The van der Waals surface area contributed by atoms with Gasteiger partial charge in [0.25, 0.3) is 0 Å². The number of nitrogens with zero attached hydrogens (tertiary/aromatic N) is 1. The minimum absolute atomic E-state index is 0.00263. The van der Waals surface area contributed by atoms with E-state index in [1.165, 1.54) is 6.26 Å². The predicted octanol–water partition coefficient (Wildman–Crippen LogP) is 5.81. The first-order valence-corrected chi connectivity index (χ1v) is 12.1. The van der Waals surface area contributed by atoms with Gasteiger partial charge in [0.2, 0.25) is 11.8 Å². The first-order valence-electron chi connectivity index (χ1n) is 11.3. The highest BCUT2D eigenvalue weighted by atomic mass is 35.5. The summed E-state index contributed by atoms with van der Waals surface area (Å²) in [6.45, 7) is 1.98. The summed E-state index contributed by atoms with van der Waals surface area (Å²) in [5.74, 6) is 0.609. The smallest absolute Gasteiger partial charge is 0.226 e. The van der Waals surface area contributed by atoms with Crippen molar-refractivity contribution in [1.29, 1.82) is 0 Å². The number of halogens is 2. The highest BCUT2D eigenvalue weighted by molar-refractivity contribution is 6.31. The lowest BCUT2D eigenvalue weighted by molar-refractivity contribution is -0.131. The van der Waals surface area contributed by atoms with Crippen LogP contribution in [-0.4, -0.2) is 28.6 Å². The van der Waals surface area contributed by atoms with Crippen molar-refractivity contribution >= 4 is 29.1 Å². The Balaban J connectivity index is 1.62. The number of hydrogen-bond donors (Lipinski definition) is 2. The molecule has 172 valence electrons. The number of aliphatic hydroxyl groups excluding tert-OH is 1. The van der Waals surface area contributed by atoms with E-state index in [9.17, 15) is 9.90 Å². The number of carbonyl (C=O) groups is 1. The van der Waals surface area contributed by atoms with Crippen LogP contribution in [0.1, 0.15) is 49.1 Å². The Bertz CT molecular complexity index is 1150. The van der Waals surface area contributed by atoms with Gasteiger partial charge < -0.3 is 14.8 Å². The van der Waals surface area contributed by atoms with Crippen LogP contribution in [0, 0.1) is 11.3 Å². The molecular weight excluding hydrogens is 459 g/mol. The zero-order valence-corrected chi connectivity index (χ0v) is 19.8. The summed E-state index contributed by atoms with van der Waals surface area (Å²) in [5, 5.41) is 14.6. The number of oxazole rings is 1. The van der Waals surface area contributed by atoms with Crippen molar-refractivity contribution in [3.63, 3.8) is 0 Å². The molecule has 3 aromatic rings. The lowest BCUT2D eigenvalue weighted by Crippen LogP contribution is -2.45. The summed E-state index contributed by atoms with van der Waals surface area (Å²) in [6.07, 6.45) is 5.45. The van der Waals surface area contributed by atoms with E-state index in [0.717, 1.165) is 36.0 Å². The maximum atomic E-state index is 13.2. The van der Waals surface area contributed by atoms with Crippen molar-refractivity contribution in [1.82, 2.24) is 10.3 Å². The van der Waals surface area contributed by atoms with Gasteiger partial charge in [0.05, 0.1) is 24.3 Å². The maximum absolute atomic E-state index is 13.2. The molecule has 1 aliphatic carbocycles. The van der Waals surface area contributed by atoms with Crippen molar-refractivity contribution in [2.45, 2.75) is 44.1 Å². The Kier molecular flexibility index (Phi) is 5.98. The number of amides is 1. The van der Waals surface area contributed by atoms with E-state index < -0.39 is 5.41 Å². The van der Waals surface area contributed by atoms with Crippen LogP contribution in [0.5, 0.6) is 0 Å². The average Bonchev–Trinajstić information content (AvgIpc) is 3.46. The molecule has 5 rings (SSSR count). The second kappa shape index (κ2) is 8.79. The summed E-state index contributed by atoms with van der Waals surface area (Å²) in [4.78, 5) is 17.4. The third-order valence-corrected chi connectivity index (χ3v) is 8.30. The molecule has 0 radical (unpaired) electrons. The van der Waals surface area contributed by atoms with Crippen LogP contribution in [0.3, 0.4) is 0 Å². The molecule has 0 bridgehead atoms. The van der Waals surface area contributed by atoms with Gasteiger partial charge in [0.15, 0.2) is 0 Å². The third-order valence-electron chi connectivity index (χ3n) is 7.72. The molecule has 2 aromatic carbocycles. The van der Waals surface area contributed by atoms with E-state index in [0.29, 0.717) is 15.9 Å². The largest absolute Gasteiger partial charge is 0.445 e. The Labute approximate surface area is 203 Å². The highest BCUT2D eigenvalue weighted by Crippen LogP contribution is 2.60. The zero-order chi connectivity index (χ0) is 23.2. The standard InChI is InChI=1S/C26H26Cl2N2O3/c1-2-26-10-9-19(18-8-5-16(13-20(18)28)24-29-11-12-33-24)22(15-3-6-17(27)7-4-15)23(26)21(14-31)30-25(26)32/h3-8,11-13,19,21-23,31H,2,9-10,14H2,1H3,(H,30,32)/t19-,21+,22?,23-,26+/m0/s1. The summed E-state index contributed by atoms with van der Waals surface area (Å²) in [5.41, 5.74) is 2.46. The molecule has 1 aromatic heterocycles. The van der Waals surface area contributed by atoms with Crippen molar-refractivity contribution in [3.05, 3.63) is 76.1 Å². The molecule has 1 saturated heterocycles. The molecule has 5 nitrogen and oxygen atoms in total. The molecule has 2 aliphatic rings. The van der Waals surface area contributed by atoms with Crippen LogP contribution in [0.4, 0.5) is 0 Å². The highest BCUT2D eigenvalue weighted by Gasteiger charge is 2.60. The van der Waals surface area contributed by atoms with Crippen LogP contribution in [0.25, 0.3) is 11.5 Å². The Hall–Kier alpha value is -2.34. The van der Waals surface area contributed by atoms with E-state index >= 15 is 0 Å². The molecule has 2 fully saturated rings. The van der Waals surface area contributed by atoms with Gasteiger partial charge in [-0.05, 0) is 66.5 Å². The van der Waals surface area contributed by atoms with Gasteiger partial charge in [-0.3, -0.25) is 4.79 Å². The molecule has 1 aliphatic heterocycles. The fourth-order valence-electron chi connectivity index (χ4n) is 6.19. The van der Waals surface area contributed by atoms with Gasteiger partial charge in [-0.25, -0.2) is 4.98 Å². The SMILES string of the molecule is CC[C@@]12CC[C@@H](c3ccc(-c4ncco4)cc3Cl)C(c3ccc(Cl)cc3)[C@@H]1[C@@H](CO)NC2=O. The molecule has 33 heavy (non-hydrogen) atoms. The van der Waals surface area contributed by atoms with E-state index in [-0.39, 0.29) is 36.3 Å². The second-order valence-electron chi connectivity index (χ2n) is 9.09. The van der Waals surface area contributed by atoms with Gasteiger partial charge in [0.1, 0.15) is 6.26 Å². The Morgan fingerprint density at radius 2 is 2.00 bits per heavy atom. The first-order chi connectivity index (χ1) is 16.0. The average molecular weight is 485 g/mol. The van der Waals surface area contributed by atoms with Crippen molar-refractivity contribution in [2.75, 3.05) is 6.61 Å². The van der Waals surface area contributed by atoms with E-state index in [1.807, 2.05) is 42.5 Å².